The number of anilines is 1. The smallest absolute Gasteiger partial charge is 0.319 e. The van der Waals surface area contributed by atoms with Gasteiger partial charge in [0.25, 0.3) is 5.91 Å². The zero-order chi connectivity index (χ0) is 18.4. The Kier molecular flexibility index (Phi) is 6.04. The lowest BCUT2D eigenvalue weighted by Crippen LogP contribution is -2.40. The van der Waals surface area contributed by atoms with Crippen molar-refractivity contribution in [1.29, 1.82) is 0 Å². The van der Waals surface area contributed by atoms with Gasteiger partial charge in [-0.2, -0.15) is 0 Å². The number of hydrogen-bond acceptors (Lipinski definition) is 2. The first-order chi connectivity index (χ1) is 11.7. The van der Waals surface area contributed by atoms with Gasteiger partial charge in [-0.1, -0.05) is 23.7 Å². The molecule has 0 fully saturated rings. The van der Waals surface area contributed by atoms with Crippen LogP contribution in [-0.2, 0) is 6.54 Å². The van der Waals surface area contributed by atoms with Gasteiger partial charge in [0.1, 0.15) is 0 Å². The van der Waals surface area contributed by atoms with E-state index in [2.05, 4.69) is 16.0 Å². The zero-order valence-electron chi connectivity index (χ0n) is 14.5. The summed E-state index contributed by atoms with van der Waals surface area (Å²) < 4.78 is 0. The first kappa shape index (κ1) is 18.8. The lowest BCUT2D eigenvalue weighted by atomic mass is 10.1. The summed E-state index contributed by atoms with van der Waals surface area (Å²) >= 11 is 5.91. The normalized spacial score (nSPS) is 10.9. The molecular weight excluding hydrogens is 338 g/mol. The third-order valence-electron chi connectivity index (χ3n) is 3.24. The summed E-state index contributed by atoms with van der Waals surface area (Å²) in [7, 11) is 0. The Morgan fingerprint density at radius 2 is 1.72 bits per heavy atom. The van der Waals surface area contributed by atoms with Gasteiger partial charge in [0.15, 0.2) is 0 Å². The van der Waals surface area contributed by atoms with Gasteiger partial charge < -0.3 is 16.0 Å². The second-order valence-electron chi connectivity index (χ2n) is 6.72. The van der Waals surface area contributed by atoms with E-state index in [1.807, 2.05) is 32.9 Å². The first-order valence-corrected chi connectivity index (χ1v) is 8.33. The molecule has 0 atom stereocenters. The van der Waals surface area contributed by atoms with E-state index >= 15 is 0 Å². The summed E-state index contributed by atoms with van der Waals surface area (Å²) in [5.41, 5.74) is 1.77. The molecule has 132 valence electrons. The maximum absolute atomic E-state index is 12.1. The van der Waals surface area contributed by atoms with Gasteiger partial charge in [0.2, 0.25) is 0 Å². The fraction of sp³-hybridized carbons (Fsp3) is 0.263. The molecular formula is C19H22ClN3O2. The molecule has 0 saturated heterocycles. The van der Waals surface area contributed by atoms with E-state index in [0.717, 1.165) is 5.56 Å². The monoisotopic (exact) mass is 359 g/mol. The van der Waals surface area contributed by atoms with Gasteiger partial charge >= 0.3 is 6.03 Å². The zero-order valence-corrected chi connectivity index (χ0v) is 15.3. The molecule has 0 radical (unpaired) electrons. The molecule has 0 unspecified atom stereocenters. The minimum atomic E-state index is -0.327. The third kappa shape index (κ3) is 6.47. The van der Waals surface area contributed by atoms with Crippen LogP contribution < -0.4 is 16.0 Å². The van der Waals surface area contributed by atoms with Crippen molar-refractivity contribution in [2.75, 3.05) is 5.32 Å². The van der Waals surface area contributed by atoms with Gasteiger partial charge in [-0.05, 0) is 62.7 Å². The second kappa shape index (κ2) is 8.03. The van der Waals surface area contributed by atoms with Crippen molar-refractivity contribution in [1.82, 2.24) is 10.6 Å². The molecule has 3 amide bonds. The van der Waals surface area contributed by atoms with Crippen molar-refractivity contribution in [3.05, 3.63) is 64.7 Å². The summed E-state index contributed by atoms with van der Waals surface area (Å²) in [6, 6.07) is 13.7. The average Bonchev–Trinajstić information content (AvgIpc) is 2.52. The van der Waals surface area contributed by atoms with Crippen molar-refractivity contribution in [2.45, 2.75) is 32.9 Å². The van der Waals surface area contributed by atoms with E-state index in [1.54, 1.807) is 36.4 Å². The maximum Gasteiger partial charge on any atom is 0.319 e. The highest BCUT2D eigenvalue weighted by Crippen LogP contribution is 2.12. The fourth-order valence-corrected chi connectivity index (χ4v) is 2.34. The maximum atomic E-state index is 12.1. The van der Waals surface area contributed by atoms with Crippen LogP contribution in [0.3, 0.4) is 0 Å². The molecule has 0 aliphatic rings. The second-order valence-corrected chi connectivity index (χ2v) is 7.16. The number of nitrogens with one attached hydrogen (secondary N) is 3. The molecule has 0 saturated carbocycles. The predicted octanol–water partition coefficient (Wildman–Crippen LogP) is 4.19. The Morgan fingerprint density at radius 3 is 2.32 bits per heavy atom. The summed E-state index contributed by atoms with van der Waals surface area (Å²) in [4.78, 5) is 24.0. The number of rotatable bonds is 4. The van der Waals surface area contributed by atoms with E-state index in [-0.39, 0.29) is 17.5 Å². The standard InChI is InChI=1S/C19H22ClN3O2/c1-19(2,3)23-17(24)14-7-9-16(10-8-14)22-18(25)21-12-13-5-4-6-15(20)11-13/h4-11H,12H2,1-3H3,(H,23,24)(H2,21,22,25). The number of benzene rings is 2. The van der Waals surface area contributed by atoms with Crippen LogP contribution in [0.1, 0.15) is 36.7 Å². The first-order valence-electron chi connectivity index (χ1n) is 7.95. The minimum Gasteiger partial charge on any atom is -0.347 e. The third-order valence-corrected chi connectivity index (χ3v) is 3.47. The largest absolute Gasteiger partial charge is 0.347 e. The molecule has 2 aromatic carbocycles. The van der Waals surface area contributed by atoms with E-state index in [0.29, 0.717) is 22.8 Å². The van der Waals surface area contributed by atoms with Gasteiger partial charge in [-0.15, -0.1) is 0 Å². The number of carbonyl (C=O) groups excluding carboxylic acids is 2. The highest BCUT2D eigenvalue weighted by atomic mass is 35.5. The summed E-state index contributed by atoms with van der Waals surface area (Å²) in [6.45, 7) is 6.14. The van der Waals surface area contributed by atoms with Gasteiger partial charge in [0.05, 0.1) is 0 Å². The van der Waals surface area contributed by atoms with E-state index in [4.69, 9.17) is 11.6 Å². The van der Waals surface area contributed by atoms with Crippen molar-refractivity contribution < 1.29 is 9.59 Å². The van der Waals surface area contributed by atoms with Crippen LogP contribution in [0.4, 0.5) is 10.5 Å². The molecule has 0 bridgehead atoms. The molecule has 5 nitrogen and oxygen atoms in total. The lowest BCUT2D eigenvalue weighted by Gasteiger charge is -2.20. The van der Waals surface area contributed by atoms with E-state index < -0.39 is 0 Å². The van der Waals surface area contributed by atoms with Crippen molar-refractivity contribution >= 4 is 29.2 Å². The highest BCUT2D eigenvalue weighted by Gasteiger charge is 2.15. The van der Waals surface area contributed by atoms with Crippen LogP contribution >= 0.6 is 11.6 Å². The number of carbonyl (C=O) groups is 2. The Labute approximate surface area is 152 Å². The summed E-state index contributed by atoms with van der Waals surface area (Å²) in [5.74, 6) is -0.149. The average molecular weight is 360 g/mol. The fourth-order valence-electron chi connectivity index (χ4n) is 2.12. The van der Waals surface area contributed by atoms with Crippen LogP contribution in [0.25, 0.3) is 0 Å². The number of halogens is 1. The van der Waals surface area contributed by atoms with Crippen LogP contribution in [0.15, 0.2) is 48.5 Å². The predicted molar refractivity (Wildman–Crippen MR) is 101 cm³/mol. The Balaban J connectivity index is 1.88. The van der Waals surface area contributed by atoms with Crippen LogP contribution in [0.2, 0.25) is 5.02 Å². The topological polar surface area (TPSA) is 70.2 Å². The minimum absolute atomic E-state index is 0.149. The Hall–Kier alpha value is -2.53. The lowest BCUT2D eigenvalue weighted by molar-refractivity contribution is 0.0919. The number of urea groups is 1. The molecule has 25 heavy (non-hydrogen) atoms. The van der Waals surface area contributed by atoms with E-state index in [9.17, 15) is 9.59 Å². The molecule has 2 aromatic rings. The molecule has 0 aliphatic carbocycles. The van der Waals surface area contributed by atoms with Gasteiger partial charge in [-0.3, -0.25) is 4.79 Å². The Morgan fingerprint density at radius 1 is 1.04 bits per heavy atom. The molecule has 0 heterocycles. The molecule has 3 N–H and O–H groups in total. The Bertz CT molecular complexity index is 752. The molecule has 0 aliphatic heterocycles. The number of hydrogen-bond donors (Lipinski definition) is 3. The highest BCUT2D eigenvalue weighted by molar-refractivity contribution is 6.30. The molecule has 2 rings (SSSR count). The number of amides is 3. The summed E-state index contributed by atoms with van der Waals surface area (Å²) in [6.07, 6.45) is 0. The van der Waals surface area contributed by atoms with Gasteiger partial charge in [0, 0.05) is 28.4 Å². The van der Waals surface area contributed by atoms with Crippen LogP contribution in [0, 0.1) is 0 Å². The van der Waals surface area contributed by atoms with Crippen molar-refractivity contribution in [3.8, 4) is 0 Å². The molecule has 0 aromatic heterocycles. The quantitative estimate of drug-likeness (QED) is 0.766. The van der Waals surface area contributed by atoms with Crippen LogP contribution in [-0.4, -0.2) is 17.5 Å². The van der Waals surface area contributed by atoms with Crippen molar-refractivity contribution in [2.24, 2.45) is 0 Å². The van der Waals surface area contributed by atoms with E-state index in [1.165, 1.54) is 0 Å². The SMILES string of the molecule is CC(C)(C)NC(=O)c1ccc(NC(=O)NCc2cccc(Cl)c2)cc1. The van der Waals surface area contributed by atoms with Crippen molar-refractivity contribution in [3.63, 3.8) is 0 Å². The molecule has 6 heteroatoms. The van der Waals surface area contributed by atoms with Gasteiger partial charge in [-0.25, -0.2) is 4.79 Å². The molecule has 0 spiro atoms. The summed E-state index contributed by atoms with van der Waals surface area (Å²) in [5, 5.41) is 9.00. The van der Waals surface area contributed by atoms with Crippen LogP contribution in [0.5, 0.6) is 0 Å².